The van der Waals surface area contributed by atoms with E-state index in [1.54, 1.807) is 30.3 Å². The summed E-state index contributed by atoms with van der Waals surface area (Å²) in [7, 11) is 0. The van der Waals surface area contributed by atoms with Crippen molar-refractivity contribution in [2.24, 2.45) is 0 Å². The van der Waals surface area contributed by atoms with Gasteiger partial charge in [0.05, 0.1) is 11.0 Å². The Balaban J connectivity index is 1.69. The van der Waals surface area contributed by atoms with Crippen LogP contribution in [0.3, 0.4) is 0 Å². The molecule has 1 saturated heterocycles. The van der Waals surface area contributed by atoms with Crippen LogP contribution in [-0.2, 0) is 4.79 Å². The lowest BCUT2D eigenvalue weighted by Crippen LogP contribution is -2.44. The Kier molecular flexibility index (Phi) is 6.49. The first-order valence-electron chi connectivity index (χ1n) is 8.88. The highest BCUT2D eigenvalue weighted by Crippen LogP contribution is 2.31. The van der Waals surface area contributed by atoms with Crippen molar-refractivity contribution in [1.29, 1.82) is 0 Å². The van der Waals surface area contributed by atoms with Crippen molar-refractivity contribution in [2.75, 3.05) is 0 Å². The number of hydrogen-bond acceptors (Lipinski definition) is 5. The van der Waals surface area contributed by atoms with Gasteiger partial charge in [0.15, 0.2) is 4.32 Å². The summed E-state index contributed by atoms with van der Waals surface area (Å²) in [4.78, 5) is 25.4. The third-order valence-electron chi connectivity index (χ3n) is 4.13. The van der Waals surface area contributed by atoms with Crippen LogP contribution in [0.2, 0.25) is 0 Å². The van der Waals surface area contributed by atoms with E-state index < -0.39 is 0 Å². The number of benzene rings is 2. The second-order valence-corrected chi connectivity index (χ2v) is 7.91. The fourth-order valence-corrected chi connectivity index (χ4v) is 3.61. The average molecular weight is 413 g/mol. The molecule has 1 aliphatic heterocycles. The number of nitrogens with one attached hydrogen (secondary N) is 1. The average Bonchev–Trinajstić information content (AvgIpc) is 2.97. The Labute approximate surface area is 173 Å². The third-order valence-corrected chi connectivity index (χ3v) is 5.44. The van der Waals surface area contributed by atoms with E-state index in [0.29, 0.717) is 10.5 Å². The summed E-state index contributed by atoms with van der Waals surface area (Å²) < 4.78 is 6.05. The Hall–Kier alpha value is -2.64. The van der Waals surface area contributed by atoms with E-state index in [0.717, 1.165) is 34.5 Å². The zero-order valence-corrected chi connectivity index (χ0v) is 17.2. The number of hydrazine groups is 1. The van der Waals surface area contributed by atoms with Crippen LogP contribution in [0, 0.1) is 0 Å². The van der Waals surface area contributed by atoms with Crippen molar-refractivity contribution in [1.82, 2.24) is 10.4 Å². The summed E-state index contributed by atoms with van der Waals surface area (Å²) in [5.74, 6) is 0.0538. The largest absolute Gasteiger partial charge is 0.491 e. The standard InChI is InChI=1S/C21H20N2O3S2/c1-3-14(2)26-17-11-9-15(10-12-17)13-18-20(25)23(21(27)28-18)22-19(24)16-7-5-4-6-8-16/h4-14H,3H2,1-2H3,(H,22,24). The number of ether oxygens (including phenoxy) is 1. The van der Waals surface area contributed by atoms with Crippen LogP contribution < -0.4 is 10.2 Å². The van der Waals surface area contributed by atoms with Gasteiger partial charge in [-0.25, -0.2) is 0 Å². The van der Waals surface area contributed by atoms with E-state index in [1.807, 2.05) is 37.3 Å². The number of nitrogens with zero attached hydrogens (tertiary/aromatic N) is 1. The van der Waals surface area contributed by atoms with Gasteiger partial charge in [0.25, 0.3) is 11.8 Å². The normalized spacial score (nSPS) is 16.4. The fraction of sp³-hybridized carbons (Fsp3) is 0.190. The molecule has 1 unspecified atom stereocenters. The Morgan fingerprint density at radius 2 is 1.89 bits per heavy atom. The van der Waals surface area contributed by atoms with E-state index in [2.05, 4.69) is 12.3 Å². The number of thioether (sulfide) groups is 1. The second-order valence-electron chi connectivity index (χ2n) is 6.23. The molecule has 3 rings (SSSR count). The molecule has 0 aliphatic carbocycles. The molecule has 0 aromatic heterocycles. The van der Waals surface area contributed by atoms with Crippen LogP contribution in [0.25, 0.3) is 6.08 Å². The van der Waals surface area contributed by atoms with Crippen molar-refractivity contribution in [2.45, 2.75) is 26.4 Å². The molecule has 28 heavy (non-hydrogen) atoms. The highest BCUT2D eigenvalue weighted by atomic mass is 32.2. The molecule has 1 atom stereocenters. The van der Waals surface area contributed by atoms with Crippen LogP contribution in [0.4, 0.5) is 0 Å². The SMILES string of the molecule is CCC(C)Oc1ccc(C=C2SC(=S)N(NC(=O)c3ccccc3)C2=O)cc1. The lowest BCUT2D eigenvalue weighted by atomic mass is 10.2. The van der Waals surface area contributed by atoms with Crippen molar-refractivity contribution in [3.8, 4) is 5.75 Å². The minimum absolute atomic E-state index is 0.148. The van der Waals surface area contributed by atoms with Gasteiger partial charge in [-0.05, 0) is 61.5 Å². The topological polar surface area (TPSA) is 58.6 Å². The fourth-order valence-electron chi connectivity index (χ4n) is 2.43. The van der Waals surface area contributed by atoms with E-state index in [1.165, 1.54) is 0 Å². The van der Waals surface area contributed by atoms with E-state index >= 15 is 0 Å². The summed E-state index contributed by atoms with van der Waals surface area (Å²) in [6.45, 7) is 4.08. The number of rotatable bonds is 6. The summed E-state index contributed by atoms with van der Waals surface area (Å²) in [6.07, 6.45) is 2.83. The van der Waals surface area contributed by atoms with Gasteiger partial charge in [-0.15, -0.1) is 0 Å². The monoisotopic (exact) mass is 412 g/mol. The Morgan fingerprint density at radius 3 is 2.54 bits per heavy atom. The second kappa shape index (κ2) is 9.03. The van der Waals surface area contributed by atoms with Gasteiger partial charge in [0, 0.05) is 5.56 Å². The van der Waals surface area contributed by atoms with Gasteiger partial charge in [0.2, 0.25) is 0 Å². The van der Waals surface area contributed by atoms with Crippen LogP contribution >= 0.6 is 24.0 Å². The van der Waals surface area contributed by atoms with Crippen molar-refractivity contribution >= 4 is 46.2 Å². The molecule has 1 N–H and O–H groups in total. The number of carbonyl (C=O) groups is 2. The predicted molar refractivity (Wildman–Crippen MR) is 116 cm³/mol. The lowest BCUT2D eigenvalue weighted by molar-refractivity contribution is -0.123. The van der Waals surface area contributed by atoms with E-state index in [4.69, 9.17) is 17.0 Å². The molecule has 144 valence electrons. The maximum Gasteiger partial charge on any atom is 0.285 e. The van der Waals surface area contributed by atoms with Gasteiger partial charge in [0.1, 0.15) is 5.75 Å². The maximum atomic E-state index is 12.6. The summed E-state index contributed by atoms with van der Waals surface area (Å²) in [6, 6.07) is 16.2. The molecule has 2 aromatic carbocycles. The zero-order chi connectivity index (χ0) is 20.1. The van der Waals surface area contributed by atoms with Crippen LogP contribution in [-0.4, -0.2) is 27.2 Å². The molecular formula is C21H20N2O3S2. The third kappa shape index (κ3) is 4.79. The molecule has 1 aliphatic rings. The van der Waals surface area contributed by atoms with E-state index in [-0.39, 0.29) is 22.2 Å². The van der Waals surface area contributed by atoms with Crippen LogP contribution in [0.5, 0.6) is 5.75 Å². The van der Waals surface area contributed by atoms with Crippen molar-refractivity contribution in [3.63, 3.8) is 0 Å². The molecule has 0 spiro atoms. The van der Waals surface area contributed by atoms with E-state index in [9.17, 15) is 9.59 Å². The summed E-state index contributed by atoms with van der Waals surface area (Å²) >= 11 is 6.41. The number of hydrogen-bond donors (Lipinski definition) is 1. The number of amides is 2. The minimum atomic E-state index is -0.385. The van der Waals surface area contributed by atoms with Crippen LogP contribution in [0.1, 0.15) is 36.2 Å². The van der Waals surface area contributed by atoms with Gasteiger partial charge >= 0.3 is 0 Å². The Bertz CT molecular complexity index is 911. The molecule has 5 nitrogen and oxygen atoms in total. The highest BCUT2D eigenvalue weighted by Gasteiger charge is 2.33. The molecule has 2 amide bonds. The molecule has 1 fully saturated rings. The van der Waals surface area contributed by atoms with Gasteiger partial charge in [-0.3, -0.25) is 15.0 Å². The molecule has 1 heterocycles. The molecule has 0 bridgehead atoms. The van der Waals surface area contributed by atoms with Gasteiger partial charge in [-0.1, -0.05) is 49.0 Å². The number of thiocarbonyl (C=S) groups is 1. The summed E-state index contributed by atoms with van der Waals surface area (Å²) in [5.41, 5.74) is 3.88. The van der Waals surface area contributed by atoms with Crippen molar-refractivity contribution < 1.29 is 14.3 Å². The number of carbonyl (C=O) groups excluding carboxylic acids is 2. The molecule has 0 radical (unpaired) electrons. The predicted octanol–water partition coefficient (Wildman–Crippen LogP) is 4.41. The summed E-state index contributed by atoms with van der Waals surface area (Å²) in [5, 5.41) is 1.11. The lowest BCUT2D eigenvalue weighted by Gasteiger charge is -2.15. The molecule has 0 saturated carbocycles. The van der Waals surface area contributed by atoms with Crippen LogP contribution in [0.15, 0.2) is 59.5 Å². The maximum absolute atomic E-state index is 12.6. The molecule has 2 aromatic rings. The van der Waals surface area contributed by atoms with Gasteiger partial charge < -0.3 is 4.74 Å². The first kappa shape index (κ1) is 20.1. The quantitative estimate of drug-likeness (QED) is 0.563. The first-order valence-corrected chi connectivity index (χ1v) is 10.1. The smallest absolute Gasteiger partial charge is 0.285 e. The van der Waals surface area contributed by atoms with Gasteiger partial charge in [-0.2, -0.15) is 5.01 Å². The zero-order valence-electron chi connectivity index (χ0n) is 15.5. The van der Waals surface area contributed by atoms with Crippen molar-refractivity contribution in [3.05, 3.63) is 70.6 Å². The highest BCUT2D eigenvalue weighted by molar-refractivity contribution is 8.26. The molecular weight excluding hydrogens is 392 g/mol. The first-order chi connectivity index (χ1) is 13.5. The Morgan fingerprint density at radius 1 is 1.21 bits per heavy atom. The minimum Gasteiger partial charge on any atom is -0.491 e. The molecule has 7 heteroatoms.